The molecule has 0 aromatic heterocycles. The van der Waals surface area contributed by atoms with Gasteiger partial charge >= 0.3 is 6.03 Å². The van der Waals surface area contributed by atoms with Crippen LogP contribution in [0, 0.1) is 13.8 Å². The van der Waals surface area contributed by atoms with Gasteiger partial charge in [-0.3, -0.25) is 18.7 Å². The van der Waals surface area contributed by atoms with Crippen molar-refractivity contribution in [3.63, 3.8) is 0 Å². The van der Waals surface area contributed by atoms with Gasteiger partial charge in [0.15, 0.2) is 0 Å². The monoisotopic (exact) mass is 770 g/mol. The molecule has 6 aromatic rings. The lowest BCUT2D eigenvalue weighted by atomic mass is 10.0. The Labute approximate surface area is 307 Å². The van der Waals surface area contributed by atoms with E-state index < -0.39 is 59.4 Å². The summed E-state index contributed by atoms with van der Waals surface area (Å²) in [6.07, 6.45) is 0. The number of hydrogen-bond donors (Lipinski definition) is 8. The molecule has 6 aromatic carbocycles. The molecule has 0 saturated carbocycles. The van der Waals surface area contributed by atoms with Gasteiger partial charge < -0.3 is 31.5 Å². The van der Waals surface area contributed by atoms with Crippen LogP contribution in [-0.2, 0) is 20.2 Å². The van der Waals surface area contributed by atoms with E-state index in [1.54, 1.807) is 38.1 Å². The van der Waals surface area contributed by atoms with E-state index in [1.807, 2.05) is 0 Å². The van der Waals surface area contributed by atoms with Gasteiger partial charge in [0, 0.05) is 55.4 Å². The highest BCUT2D eigenvalue weighted by Crippen LogP contribution is 2.37. The number of urea groups is 1. The summed E-state index contributed by atoms with van der Waals surface area (Å²) in [6.45, 7) is 3.33. The van der Waals surface area contributed by atoms with E-state index in [2.05, 4.69) is 21.3 Å². The van der Waals surface area contributed by atoms with Crippen molar-refractivity contribution in [2.45, 2.75) is 23.6 Å². The molecule has 0 aliphatic heterocycles. The molecule has 0 aliphatic carbocycles. The third kappa shape index (κ3) is 7.50. The first-order valence-electron chi connectivity index (χ1n) is 15.8. The molecule has 0 spiro atoms. The average Bonchev–Trinajstić information content (AvgIpc) is 3.11. The van der Waals surface area contributed by atoms with E-state index in [4.69, 9.17) is 0 Å². The maximum Gasteiger partial charge on any atom is 0.323 e. The first kappa shape index (κ1) is 37.2. The van der Waals surface area contributed by atoms with Crippen LogP contribution in [0.1, 0.15) is 31.8 Å². The lowest BCUT2D eigenvalue weighted by molar-refractivity contribution is 0.101. The molecule has 6 rings (SSSR count). The zero-order valence-corrected chi connectivity index (χ0v) is 29.8. The van der Waals surface area contributed by atoms with Gasteiger partial charge in [-0.1, -0.05) is 36.4 Å². The average molecular weight is 771 g/mol. The van der Waals surface area contributed by atoms with Crippen LogP contribution in [0.2, 0.25) is 0 Å². The molecule has 0 radical (unpaired) electrons. The molecule has 0 unspecified atom stereocenters. The molecular weight excluding hydrogens is 741 g/mol. The number of anilines is 4. The molecular formula is C37H30N4O11S2. The van der Waals surface area contributed by atoms with E-state index in [1.165, 1.54) is 60.7 Å². The third-order valence-corrected chi connectivity index (χ3v) is 10.3. The van der Waals surface area contributed by atoms with E-state index in [9.17, 15) is 50.5 Å². The summed E-state index contributed by atoms with van der Waals surface area (Å²) < 4.78 is 67.0. The van der Waals surface area contributed by atoms with E-state index >= 15 is 0 Å². The van der Waals surface area contributed by atoms with Gasteiger partial charge in [0.25, 0.3) is 32.1 Å². The number of aryl methyl sites for hydroxylation is 2. The van der Waals surface area contributed by atoms with E-state index in [-0.39, 0.29) is 55.4 Å². The van der Waals surface area contributed by atoms with Crippen molar-refractivity contribution in [3.8, 4) is 11.5 Å². The summed E-state index contributed by atoms with van der Waals surface area (Å²) in [6, 6.07) is 21.4. The van der Waals surface area contributed by atoms with E-state index in [0.717, 1.165) is 12.1 Å². The molecule has 0 bridgehead atoms. The third-order valence-electron chi connectivity index (χ3n) is 8.49. The van der Waals surface area contributed by atoms with Crippen molar-refractivity contribution in [1.82, 2.24) is 0 Å². The van der Waals surface area contributed by atoms with Gasteiger partial charge in [-0.2, -0.15) is 16.8 Å². The van der Waals surface area contributed by atoms with Crippen LogP contribution in [0.25, 0.3) is 21.5 Å². The van der Waals surface area contributed by atoms with Crippen LogP contribution in [0.3, 0.4) is 0 Å². The Kier molecular flexibility index (Phi) is 9.74. The molecule has 276 valence electrons. The summed E-state index contributed by atoms with van der Waals surface area (Å²) in [5.41, 5.74) is 2.11. The second-order valence-electron chi connectivity index (χ2n) is 12.1. The van der Waals surface area contributed by atoms with Crippen LogP contribution >= 0.6 is 0 Å². The SMILES string of the molecule is Cc1ccc(NC(=O)Nc2ccc(C)c(C(=O)Nc3ccc(O)c4c(S(=O)(=O)O)cccc34)c2)cc1C(=O)Nc1ccc(O)c2c(S(=O)(=O)O)cccc12. The highest BCUT2D eigenvalue weighted by Gasteiger charge is 2.22. The van der Waals surface area contributed by atoms with Gasteiger partial charge in [-0.25, -0.2) is 4.79 Å². The van der Waals surface area contributed by atoms with Crippen LogP contribution < -0.4 is 21.3 Å². The number of nitrogens with one attached hydrogen (secondary N) is 4. The number of hydrogen-bond acceptors (Lipinski definition) is 9. The second-order valence-corrected chi connectivity index (χ2v) is 14.9. The number of amides is 4. The minimum absolute atomic E-state index is 0.148. The number of benzene rings is 6. The predicted molar refractivity (Wildman–Crippen MR) is 202 cm³/mol. The standard InChI is InChI=1S/C37H30N4O11S2/c1-19-9-11-21(17-25(19)35(44)40-27-13-15-29(42)33-23(27)5-3-7-31(33)53(47,48)49)38-37(46)39-22-12-10-20(2)26(18-22)36(45)41-28-14-16-30(43)34-24(28)6-4-8-32(34)54(50,51)52/h3-18,42-43H,1-2H3,(H,40,44)(H,41,45)(H2,38,39,46)(H,47,48,49)(H,50,51,52). The summed E-state index contributed by atoms with van der Waals surface area (Å²) in [7, 11) is -9.40. The normalized spacial score (nSPS) is 11.6. The number of fused-ring (bicyclic) bond motifs is 2. The van der Waals surface area contributed by atoms with Gasteiger partial charge in [-0.05, 0) is 85.6 Å². The number of rotatable bonds is 8. The van der Waals surface area contributed by atoms with Crippen LogP contribution in [0.15, 0.2) is 107 Å². The highest BCUT2D eigenvalue weighted by molar-refractivity contribution is 7.86. The molecule has 0 aliphatic rings. The second kappa shape index (κ2) is 14.1. The van der Waals surface area contributed by atoms with Crippen LogP contribution in [-0.4, -0.2) is 54.0 Å². The van der Waals surface area contributed by atoms with Crippen molar-refractivity contribution in [1.29, 1.82) is 0 Å². The highest BCUT2D eigenvalue weighted by atomic mass is 32.2. The number of carbonyl (C=O) groups excluding carboxylic acids is 3. The maximum atomic E-state index is 13.4. The van der Waals surface area contributed by atoms with Gasteiger partial charge in [-0.15, -0.1) is 0 Å². The number of phenols is 2. The summed E-state index contributed by atoms with van der Waals surface area (Å²) in [5, 5.41) is 31.3. The Balaban J connectivity index is 1.19. The Bertz CT molecular complexity index is 2600. The lowest BCUT2D eigenvalue weighted by Crippen LogP contribution is -2.21. The fourth-order valence-corrected chi connectivity index (χ4v) is 7.37. The first-order valence-corrected chi connectivity index (χ1v) is 18.7. The molecule has 17 heteroatoms. The minimum atomic E-state index is -4.70. The fraction of sp³-hybridized carbons (Fsp3) is 0.0541. The van der Waals surface area contributed by atoms with Gasteiger partial charge in [0.1, 0.15) is 21.3 Å². The number of phenolic OH excluding ortho intramolecular Hbond substituents is 2. The van der Waals surface area contributed by atoms with Crippen molar-refractivity contribution >= 4 is 82.4 Å². The predicted octanol–water partition coefficient (Wildman–Crippen LogP) is 6.66. The Morgan fingerprint density at radius 1 is 0.519 bits per heavy atom. The summed E-state index contributed by atoms with van der Waals surface area (Å²) in [5.74, 6) is -2.08. The van der Waals surface area contributed by atoms with Gasteiger partial charge in [0.2, 0.25) is 0 Å². The summed E-state index contributed by atoms with van der Waals surface area (Å²) in [4.78, 5) is 38.9. The largest absolute Gasteiger partial charge is 0.507 e. The Hall–Kier alpha value is -6.53. The van der Waals surface area contributed by atoms with Crippen molar-refractivity contribution in [3.05, 3.63) is 119 Å². The van der Waals surface area contributed by atoms with Crippen molar-refractivity contribution in [2.75, 3.05) is 21.3 Å². The topological polar surface area (TPSA) is 249 Å². The molecule has 0 heterocycles. The molecule has 54 heavy (non-hydrogen) atoms. The fourth-order valence-electron chi connectivity index (χ4n) is 5.92. The van der Waals surface area contributed by atoms with Crippen LogP contribution in [0.5, 0.6) is 11.5 Å². The number of aromatic hydroxyl groups is 2. The van der Waals surface area contributed by atoms with Crippen molar-refractivity contribution in [2.24, 2.45) is 0 Å². The Morgan fingerprint density at radius 2 is 0.907 bits per heavy atom. The molecule has 0 fully saturated rings. The first-order chi connectivity index (χ1) is 25.4. The zero-order valence-electron chi connectivity index (χ0n) is 28.2. The summed E-state index contributed by atoms with van der Waals surface area (Å²) >= 11 is 0. The maximum absolute atomic E-state index is 13.4. The lowest BCUT2D eigenvalue weighted by Gasteiger charge is -2.15. The molecule has 8 N–H and O–H groups in total. The molecule has 15 nitrogen and oxygen atoms in total. The van der Waals surface area contributed by atoms with Gasteiger partial charge in [0.05, 0.1) is 0 Å². The molecule has 4 amide bonds. The number of carbonyl (C=O) groups is 3. The van der Waals surface area contributed by atoms with Crippen LogP contribution in [0.4, 0.5) is 27.5 Å². The van der Waals surface area contributed by atoms with Crippen molar-refractivity contribution < 1.29 is 50.5 Å². The zero-order chi connectivity index (χ0) is 39.1. The van der Waals surface area contributed by atoms with E-state index in [0.29, 0.717) is 11.1 Å². The minimum Gasteiger partial charge on any atom is -0.507 e. The smallest absolute Gasteiger partial charge is 0.323 e. The molecule has 0 atom stereocenters. The quantitative estimate of drug-likeness (QED) is 0.0600. The molecule has 0 saturated heterocycles. The Morgan fingerprint density at radius 3 is 1.28 bits per heavy atom.